The first kappa shape index (κ1) is 27.2. The molecule has 2 aromatic carbocycles. The van der Waals surface area contributed by atoms with Crippen LogP contribution in [0, 0.1) is 10.1 Å². The van der Waals surface area contributed by atoms with Crippen LogP contribution in [0.4, 0.5) is 18.9 Å². The Morgan fingerprint density at radius 3 is 2.09 bits per heavy atom. The molecule has 0 spiro atoms. The summed E-state index contributed by atoms with van der Waals surface area (Å²) in [7, 11) is 0. The normalized spacial score (nSPS) is 13.9. The zero-order valence-electron chi connectivity index (χ0n) is 18.3. The molecule has 2 rings (SSSR count). The molecule has 0 heterocycles. The lowest BCUT2D eigenvalue weighted by atomic mass is 9.87. The summed E-state index contributed by atoms with van der Waals surface area (Å²) in [6, 6.07) is 6.40. The number of ether oxygens (including phenoxy) is 1. The lowest BCUT2D eigenvalue weighted by Crippen LogP contribution is -2.50. The number of benzene rings is 2. The van der Waals surface area contributed by atoms with Crippen molar-refractivity contribution in [1.82, 2.24) is 5.32 Å². The number of nitrogens with zero attached hydrogens (tertiary/aromatic N) is 1. The van der Waals surface area contributed by atoms with E-state index in [2.05, 4.69) is 5.32 Å². The Hall–Kier alpha value is -4.00. The molecular formula is C22H22F3N3O7. The molecule has 0 unspecified atom stereocenters. The smallest absolute Gasteiger partial charge is 0.416 e. The van der Waals surface area contributed by atoms with Crippen LogP contribution < -0.4 is 11.1 Å². The Morgan fingerprint density at radius 1 is 1.09 bits per heavy atom. The fourth-order valence-corrected chi connectivity index (χ4v) is 3.28. The van der Waals surface area contributed by atoms with Gasteiger partial charge in [0.2, 0.25) is 5.91 Å². The van der Waals surface area contributed by atoms with Gasteiger partial charge in [-0.3, -0.25) is 24.5 Å². The first-order valence-electron chi connectivity index (χ1n) is 10.2. The third-order valence-electron chi connectivity index (χ3n) is 5.03. The zero-order valence-corrected chi connectivity index (χ0v) is 18.3. The molecule has 0 aromatic heterocycles. The molecule has 0 saturated heterocycles. The minimum atomic E-state index is -4.62. The van der Waals surface area contributed by atoms with Crippen LogP contribution in [0.1, 0.15) is 42.1 Å². The standard InChI is InChI=1S/C22H22F3N3O7/c1-2-35-17(29)11-16(12-5-9-15(10-6-12)28(33)34)18(20(26)31)27-21(32)19(30)13-3-7-14(8-4-13)22(23,24)25/h3-10,16,18-19,30H,2,11H2,1H3,(H2,26,31)(H,27,32)/t16-,18-,19-/m1/s1. The molecular weight excluding hydrogens is 475 g/mol. The molecule has 2 aromatic rings. The summed E-state index contributed by atoms with van der Waals surface area (Å²) in [6.45, 7) is 1.57. The highest BCUT2D eigenvalue weighted by atomic mass is 19.4. The van der Waals surface area contributed by atoms with E-state index in [4.69, 9.17) is 10.5 Å². The number of aliphatic hydroxyl groups excluding tert-OH is 1. The number of nitrogens with two attached hydrogens (primary N) is 1. The van der Waals surface area contributed by atoms with Gasteiger partial charge in [-0.05, 0) is 30.2 Å². The molecule has 0 fully saturated rings. The predicted octanol–water partition coefficient (Wildman–Crippen LogP) is 2.35. The van der Waals surface area contributed by atoms with Crippen LogP contribution in [0.15, 0.2) is 48.5 Å². The van der Waals surface area contributed by atoms with Crippen LogP contribution in [0.3, 0.4) is 0 Å². The van der Waals surface area contributed by atoms with E-state index in [0.717, 1.165) is 24.3 Å². The quantitative estimate of drug-likeness (QED) is 0.258. The van der Waals surface area contributed by atoms with Crippen molar-refractivity contribution in [2.24, 2.45) is 5.73 Å². The molecule has 0 radical (unpaired) electrons. The average Bonchev–Trinajstić information content (AvgIpc) is 2.80. The van der Waals surface area contributed by atoms with E-state index in [0.29, 0.717) is 12.1 Å². The molecule has 4 N–H and O–H groups in total. The van der Waals surface area contributed by atoms with Gasteiger partial charge in [-0.2, -0.15) is 13.2 Å². The van der Waals surface area contributed by atoms with E-state index < -0.39 is 58.9 Å². The summed E-state index contributed by atoms with van der Waals surface area (Å²) in [5.74, 6) is -4.13. The van der Waals surface area contributed by atoms with Gasteiger partial charge in [-0.1, -0.05) is 24.3 Å². The monoisotopic (exact) mass is 497 g/mol. The number of carbonyl (C=O) groups is 3. The number of halogens is 3. The van der Waals surface area contributed by atoms with E-state index >= 15 is 0 Å². The summed E-state index contributed by atoms with van der Waals surface area (Å²) in [4.78, 5) is 47.3. The van der Waals surface area contributed by atoms with Gasteiger partial charge in [0.1, 0.15) is 6.04 Å². The number of primary amides is 1. The van der Waals surface area contributed by atoms with Crippen molar-refractivity contribution in [3.05, 3.63) is 75.3 Å². The molecule has 10 nitrogen and oxygen atoms in total. The topological polar surface area (TPSA) is 162 Å². The third kappa shape index (κ3) is 7.24. The average molecular weight is 497 g/mol. The van der Waals surface area contributed by atoms with Gasteiger partial charge >= 0.3 is 12.1 Å². The van der Waals surface area contributed by atoms with Crippen molar-refractivity contribution in [1.29, 1.82) is 0 Å². The highest BCUT2D eigenvalue weighted by Gasteiger charge is 2.34. The van der Waals surface area contributed by atoms with E-state index in [9.17, 15) is 42.8 Å². The number of nitro groups is 1. The molecule has 35 heavy (non-hydrogen) atoms. The highest BCUT2D eigenvalue weighted by Crippen LogP contribution is 2.30. The fourth-order valence-electron chi connectivity index (χ4n) is 3.28. The molecule has 0 aliphatic rings. The maximum Gasteiger partial charge on any atom is 0.416 e. The lowest BCUT2D eigenvalue weighted by molar-refractivity contribution is -0.384. The van der Waals surface area contributed by atoms with Gasteiger partial charge in [-0.15, -0.1) is 0 Å². The van der Waals surface area contributed by atoms with E-state index in [1.165, 1.54) is 12.1 Å². The number of carbonyl (C=O) groups excluding carboxylic acids is 3. The van der Waals surface area contributed by atoms with Crippen LogP contribution in [-0.2, 0) is 25.3 Å². The van der Waals surface area contributed by atoms with Crippen molar-refractivity contribution in [2.45, 2.75) is 37.6 Å². The number of hydrogen-bond donors (Lipinski definition) is 3. The third-order valence-corrected chi connectivity index (χ3v) is 5.03. The van der Waals surface area contributed by atoms with Gasteiger partial charge in [-0.25, -0.2) is 0 Å². The van der Waals surface area contributed by atoms with Crippen molar-refractivity contribution < 1.29 is 42.3 Å². The molecule has 0 saturated carbocycles. The van der Waals surface area contributed by atoms with Crippen molar-refractivity contribution >= 4 is 23.5 Å². The summed E-state index contributed by atoms with van der Waals surface area (Å²) in [6.07, 6.45) is -7.02. The van der Waals surface area contributed by atoms with Gasteiger partial charge in [0.25, 0.3) is 11.6 Å². The Labute approximate surface area is 197 Å². The predicted molar refractivity (Wildman–Crippen MR) is 115 cm³/mol. The second-order valence-corrected chi connectivity index (χ2v) is 7.38. The summed E-state index contributed by atoms with van der Waals surface area (Å²) in [5.41, 5.74) is 4.23. The first-order chi connectivity index (χ1) is 16.3. The number of amides is 2. The second-order valence-electron chi connectivity index (χ2n) is 7.38. The van der Waals surface area contributed by atoms with Crippen LogP contribution >= 0.6 is 0 Å². The van der Waals surface area contributed by atoms with Crippen molar-refractivity contribution in [2.75, 3.05) is 6.61 Å². The van der Waals surface area contributed by atoms with Crippen LogP contribution in [-0.4, -0.2) is 40.5 Å². The van der Waals surface area contributed by atoms with Crippen molar-refractivity contribution in [3.8, 4) is 0 Å². The van der Waals surface area contributed by atoms with E-state index in [-0.39, 0.29) is 23.4 Å². The Bertz CT molecular complexity index is 1070. The van der Waals surface area contributed by atoms with Gasteiger partial charge < -0.3 is 20.9 Å². The molecule has 2 amide bonds. The number of aliphatic hydroxyl groups is 1. The number of esters is 1. The zero-order chi connectivity index (χ0) is 26.3. The van der Waals surface area contributed by atoms with Crippen LogP contribution in [0.5, 0.6) is 0 Å². The summed E-state index contributed by atoms with van der Waals surface area (Å²) < 4.78 is 43.1. The number of nitro benzene ring substituents is 1. The SMILES string of the molecule is CCOC(=O)C[C@H](c1ccc([N+](=O)[O-])cc1)[C@@H](NC(=O)[C@H](O)c1ccc(C(F)(F)F)cc1)C(N)=O. The Morgan fingerprint density at radius 2 is 1.63 bits per heavy atom. The first-order valence-corrected chi connectivity index (χ1v) is 10.2. The minimum Gasteiger partial charge on any atom is -0.466 e. The van der Waals surface area contributed by atoms with Crippen LogP contribution in [0.2, 0.25) is 0 Å². The van der Waals surface area contributed by atoms with Gasteiger partial charge in [0.05, 0.1) is 23.5 Å². The number of rotatable bonds is 10. The summed E-state index contributed by atoms with van der Waals surface area (Å²) >= 11 is 0. The Balaban J connectivity index is 2.33. The van der Waals surface area contributed by atoms with E-state index in [1.807, 2.05) is 0 Å². The number of hydrogen-bond acceptors (Lipinski definition) is 7. The highest BCUT2D eigenvalue weighted by molar-refractivity contribution is 5.90. The number of alkyl halides is 3. The van der Waals surface area contributed by atoms with Crippen molar-refractivity contribution in [3.63, 3.8) is 0 Å². The lowest BCUT2D eigenvalue weighted by Gasteiger charge is -2.26. The maximum atomic E-state index is 12.8. The minimum absolute atomic E-state index is 0.0199. The number of nitrogens with one attached hydrogen (secondary N) is 1. The molecule has 188 valence electrons. The molecule has 3 atom stereocenters. The summed E-state index contributed by atoms with van der Waals surface area (Å²) in [5, 5.41) is 23.5. The molecule has 0 aliphatic carbocycles. The number of non-ortho nitro benzene ring substituents is 1. The van der Waals surface area contributed by atoms with Crippen LogP contribution in [0.25, 0.3) is 0 Å². The molecule has 0 bridgehead atoms. The largest absolute Gasteiger partial charge is 0.466 e. The molecule has 13 heteroatoms. The molecule has 0 aliphatic heterocycles. The van der Waals surface area contributed by atoms with Gasteiger partial charge in [0.15, 0.2) is 6.10 Å². The van der Waals surface area contributed by atoms with Gasteiger partial charge in [0, 0.05) is 18.1 Å². The van der Waals surface area contributed by atoms with E-state index in [1.54, 1.807) is 6.92 Å². The Kier molecular flexibility index (Phi) is 8.89. The maximum absolute atomic E-state index is 12.8. The second kappa shape index (κ2) is 11.4. The fraction of sp³-hybridized carbons (Fsp3) is 0.318.